The molecule has 2 heterocycles. The van der Waals surface area contributed by atoms with Crippen molar-refractivity contribution >= 4 is 5.82 Å². The van der Waals surface area contributed by atoms with Gasteiger partial charge in [-0.1, -0.05) is 19.1 Å². The van der Waals surface area contributed by atoms with Crippen molar-refractivity contribution in [2.75, 3.05) is 19.4 Å². The molecule has 0 fully saturated rings. The van der Waals surface area contributed by atoms with Crippen LogP contribution in [0.3, 0.4) is 0 Å². The number of pyridine rings is 2. The molecule has 5 nitrogen and oxygen atoms in total. The third kappa shape index (κ3) is 3.45. The number of nitrogens with zero attached hydrogens (tertiary/aromatic N) is 2. The Labute approximate surface area is 119 Å². The molecule has 2 rings (SSSR count). The number of hydrogen-bond acceptors (Lipinski definition) is 5. The molecule has 20 heavy (non-hydrogen) atoms. The van der Waals surface area contributed by atoms with Crippen molar-refractivity contribution in [3.05, 3.63) is 47.8 Å². The molecular weight excluding hydrogens is 252 g/mol. The van der Waals surface area contributed by atoms with E-state index in [1.807, 2.05) is 30.5 Å². The Balaban J connectivity index is 2.18. The normalized spacial score (nSPS) is 12.1. The highest BCUT2D eigenvalue weighted by molar-refractivity contribution is 5.41. The Bertz CT molecular complexity index is 542. The maximum Gasteiger partial charge on any atom is 0.212 e. The number of ether oxygens (including phenoxy) is 1. The zero-order valence-electron chi connectivity index (χ0n) is 11.8. The molecule has 0 aromatic carbocycles. The van der Waals surface area contributed by atoms with Crippen LogP contribution in [0.1, 0.15) is 24.1 Å². The monoisotopic (exact) mass is 272 g/mol. The standard InChI is InChI=1S/C15H20N4O/c1-3-17-13(12-5-4-8-18-15(12)16)9-11-6-7-14(20-2)19-10-11/h4-8,10,13,17H,3,9H2,1-2H3,(H2,16,18). The van der Waals surface area contributed by atoms with Gasteiger partial charge in [-0.15, -0.1) is 0 Å². The molecule has 0 radical (unpaired) electrons. The van der Waals surface area contributed by atoms with Gasteiger partial charge >= 0.3 is 0 Å². The van der Waals surface area contributed by atoms with Gasteiger partial charge in [-0.05, 0) is 24.6 Å². The summed E-state index contributed by atoms with van der Waals surface area (Å²) in [6.45, 7) is 2.94. The minimum Gasteiger partial charge on any atom is -0.481 e. The van der Waals surface area contributed by atoms with Gasteiger partial charge in [0.05, 0.1) is 7.11 Å². The zero-order chi connectivity index (χ0) is 14.4. The molecule has 2 aromatic heterocycles. The summed E-state index contributed by atoms with van der Waals surface area (Å²) >= 11 is 0. The summed E-state index contributed by atoms with van der Waals surface area (Å²) in [5.41, 5.74) is 8.11. The number of rotatable bonds is 6. The number of likely N-dealkylation sites (N-methyl/N-ethyl adjacent to an activating group) is 1. The smallest absolute Gasteiger partial charge is 0.212 e. The molecular formula is C15H20N4O. The van der Waals surface area contributed by atoms with E-state index in [1.54, 1.807) is 13.3 Å². The first kappa shape index (κ1) is 14.3. The van der Waals surface area contributed by atoms with E-state index in [9.17, 15) is 0 Å². The molecule has 106 valence electrons. The van der Waals surface area contributed by atoms with E-state index >= 15 is 0 Å². The minimum atomic E-state index is 0.129. The van der Waals surface area contributed by atoms with Gasteiger partial charge in [0, 0.05) is 30.1 Å². The fraction of sp³-hybridized carbons (Fsp3) is 0.333. The summed E-state index contributed by atoms with van der Waals surface area (Å²) in [5.74, 6) is 1.19. The van der Waals surface area contributed by atoms with Gasteiger partial charge in [-0.25, -0.2) is 9.97 Å². The number of hydrogen-bond donors (Lipinski definition) is 2. The summed E-state index contributed by atoms with van der Waals surface area (Å²) < 4.78 is 5.07. The van der Waals surface area contributed by atoms with Crippen LogP contribution < -0.4 is 15.8 Å². The molecule has 3 N–H and O–H groups in total. The molecule has 0 saturated heterocycles. The lowest BCUT2D eigenvalue weighted by molar-refractivity contribution is 0.397. The molecule has 0 aliphatic carbocycles. The summed E-state index contributed by atoms with van der Waals surface area (Å²) in [6.07, 6.45) is 4.34. The van der Waals surface area contributed by atoms with E-state index in [0.717, 1.165) is 24.1 Å². The van der Waals surface area contributed by atoms with Gasteiger partial charge in [-0.3, -0.25) is 0 Å². The van der Waals surface area contributed by atoms with Crippen LogP contribution in [0, 0.1) is 0 Å². The summed E-state index contributed by atoms with van der Waals surface area (Å²) in [4.78, 5) is 8.38. The average Bonchev–Trinajstić information content (AvgIpc) is 2.48. The highest BCUT2D eigenvalue weighted by atomic mass is 16.5. The van der Waals surface area contributed by atoms with Crippen LogP contribution in [0.15, 0.2) is 36.7 Å². The lowest BCUT2D eigenvalue weighted by Gasteiger charge is -2.19. The number of aromatic nitrogens is 2. The Morgan fingerprint density at radius 2 is 2.15 bits per heavy atom. The first-order valence-corrected chi connectivity index (χ1v) is 6.67. The van der Waals surface area contributed by atoms with Crippen LogP contribution in [0.2, 0.25) is 0 Å². The van der Waals surface area contributed by atoms with Crippen molar-refractivity contribution in [2.24, 2.45) is 0 Å². The largest absolute Gasteiger partial charge is 0.481 e. The summed E-state index contributed by atoms with van der Waals surface area (Å²) in [6, 6.07) is 7.92. The Morgan fingerprint density at radius 1 is 1.30 bits per heavy atom. The molecule has 0 saturated carbocycles. The summed E-state index contributed by atoms with van der Waals surface area (Å²) in [7, 11) is 1.61. The van der Waals surface area contributed by atoms with Crippen LogP contribution >= 0.6 is 0 Å². The number of nitrogens with one attached hydrogen (secondary N) is 1. The molecule has 0 aliphatic heterocycles. The van der Waals surface area contributed by atoms with E-state index < -0.39 is 0 Å². The zero-order valence-corrected chi connectivity index (χ0v) is 11.8. The van der Waals surface area contributed by atoms with Gasteiger partial charge < -0.3 is 15.8 Å². The molecule has 0 spiro atoms. The Morgan fingerprint density at radius 3 is 2.75 bits per heavy atom. The number of anilines is 1. The van der Waals surface area contributed by atoms with Crippen molar-refractivity contribution in [1.82, 2.24) is 15.3 Å². The Kier molecular flexibility index (Phi) is 4.90. The molecule has 0 amide bonds. The number of nitrogens with two attached hydrogens (primary N) is 1. The van der Waals surface area contributed by atoms with Gasteiger partial charge in [-0.2, -0.15) is 0 Å². The predicted octanol–water partition coefficient (Wildman–Crippen LogP) is 1.96. The highest BCUT2D eigenvalue weighted by Gasteiger charge is 2.14. The highest BCUT2D eigenvalue weighted by Crippen LogP contribution is 2.22. The van der Waals surface area contributed by atoms with Crippen LogP contribution in [-0.4, -0.2) is 23.6 Å². The topological polar surface area (TPSA) is 73.1 Å². The summed E-state index contributed by atoms with van der Waals surface area (Å²) in [5, 5.41) is 3.44. The third-order valence-corrected chi connectivity index (χ3v) is 3.14. The fourth-order valence-corrected chi connectivity index (χ4v) is 2.15. The van der Waals surface area contributed by atoms with Crippen molar-refractivity contribution in [2.45, 2.75) is 19.4 Å². The van der Waals surface area contributed by atoms with Crippen molar-refractivity contribution in [3.63, 3.8) is 0 Å². The lowest BCUT2D eigenvalue weighted by Crippen LogP contribution is -2.24. The van der Waals surface area contributed by atoms with E-state index in [1.165, 1.54) is 0 Å². The van der Waals surface area contributed by atoms with Gasteiger partial charge in [0.2, 0.25) is 5.88 Å². The molecule has 1 atom stereocenters. The maximum absolute atomic E-state index is 5.96. The number of methoxy groups -OCH3 is 1. The predicted molar refractivity (Wildman–Crippen MR) is 79.6 cm³/mol. The Hall–Kier alpha value is -2.14. The SMILES string of the molecule is CCNC(Cc1ccc(OC)nc1)c1cccnc1N. The molecule has 5 heteroatoms. The van der Waals surface area contributed by atoms with E-state index in [-0.39, 0.29) is 6.04 Å². The average molecular weight is 272 g/mol. The molecule has 0 bridgehead atoms. The first-order chi connectivity index (χ1) is 9.74. The molecule has 0 aliphatic rings. The first-order valence-electron chi connectivity index (χ1n) is 6.67. The third-order valence-electron chi connectivity index (χ3n) is 3.14. The van der Waals surface area contributed by atoms with Gasteiger partial charge in [0.15, 0.2) is 0 Å². The van der Waals surface area contributed by atoms with E-state index in [2.05, 4.69) is 22.2 Å². The number of nitrogen functional groups attached to an aromatic ring is 1. The molecule has 2 aromatic rings. The van der Waals surface area contributed by atoms with Crippen molar-refractivity contribution in [1.29, 1.82) is 0 Å². The van der Waals surface area contributed by atoms with Crippen LogP contribution in [0.4, 0.5) is 5.82 Å². The molecule has 1 unspecified atom stereocenters. The lowest BCUT2D eigenvalue weighted by atomic mass is 10.0. The second-order valence-corrected chi connectivity index (χ2v) is 4.50. The van der Waals surface area contributed by atoms with Crippen LogP contribution in [-0.2, 0) is 6.42 Å². The van der Waals surface area contributed by atoms with Crippen molar-refractivity contribution < 1.29 is 4.74 Å². The second kappa shape index (κ2) is 6.86. The quantitative estimate of drug-likeness (QED) is 0.841. The second-order valence-electron chi connectivity index (χ2n) is 4.50. The van der Waals surface area contributed by atoms with Crippen molar-refractivity contribution in [3.8, 4) is 5.88 Å². The van der Waals surface area contributed by atoms with E-state index in [0.29, 0.717) is 11.7 Å². The minimum absolute atomic E-state index is 0.129. The van der Waals surface area contributed by atoms with Crippen LogP contribution in [0.5, 0.6) is 5.88 Å². The maximum atomic E-state index is 5.96. The van der Waals surface area contributed by atoms with Crippen LogP contribution in [0.25, 0.3) is 0 Å². The van der Waals surface area contributed by atoms with E-state index in [4.69, 9.17) is 10.5 Å². The van der Waals surface area contributed by atoms with Gasteiger partial charge in [0.1, 0.15) is 5.82 Å². The fourth-order valence-electron chi connectivity index (χ4n) is 2.15. The van der Waals surface area contributed by atoms with Gasteiger partial charge in [0.25, 0.3) is 0 Å².